The van der Waals surface area contributed by atoms with Crippen molar-refractivity contribution in [2.75, 3.05) is 32.6 Å². The average Bonchev–Trinajstić information content (AvgIpc) is 3.32. The molecule has 1 aliphatic heterocycles. The molecule has 1 aliphatic carbocycles. The molecule has 0 spiro atoms. The Bertz CT molecular complexity index is 758. The molecule has 1 aromatic carbocycles. The Morgan fingerprint density at radius 3 is 2.64 bits per heavy atom. The third-order valence-corrected chi connectivity index (χ3v) is 5.77. The highest BCUT2D eigenvalue weighted by Crippen LogP contribution is 2.29. The summed E-state index contributed by atoms with van der Waals surface area (Å²) in [6.07, 6.45) is 5.14. The van der Waals surface area contributed by atoms with E-state index in [1.54, 1.807) is 30.1 Å². The minimum Gasteiger partial charge on any atom is -0.465 e. The lowest BCUT2D eigenvalue weighted by Gasteiger charge is -2.25. The summed E-state index contributed by atoms with van der Waals surface area (Å²) in [6, 6.07) is 5.20. The first-order valence-electron chi connectivity index (χ1n) is 9.89. The monoisotopic (exact) mass is 387 g/mol. The van der Waals surface area contributed by atoms with Gasteiger partial charge in [0, 0.05) is 44.2 Å². The molecule has 0 unspecified atom stereocenters. The smallest absolute Gasteiger partial charge is 0.337 e. The van der Waals surface area contributed by atoms with Crippen molar-refractivity contribution in [2.24, 2.45) is 5.92 Å². The van der Waals surface area contributed by atoms with Crippen LogP contribution in [0.4, 0.5) is 10.5 Å². The van der Waals surface area contributed by atoms with E-state index in [2.05, 4.69) is 5.32 Å². The lowest BCUT2D eigenvalue weighted by molar-refractivity contribution is -0.129. The summed E-state index contributed by atoms with van der Waals surface area (Å²) >= 11 is 0. The summed E-state index contributed by atoms with van der Waals surface area (Å²) in [6.45, 7) is 3.12. The van der Waals surface area contributed by atoms with E-state index in [-0.39, 0.29) is 17.9 Å². The van der Waals surface area contributed by atoms with Crippen molar-refractivity contribution in [1.29, 1.82) is 0 Å². The van der Waals surface area contributed by atoms with Gasteiger partial charge in [0.05, 0.1) is 12.7 Å². The normalized spacial score (nSPS) is 19.8. The van der Waals surface area contributed by atoms with E-state index < -0.39 is 5.97 Å². The van der Waals surface area contributed by atoms with Crippen molar-refractivity contribution >= 4 is 23.6 Å². The zero-order chi connectivity index (χ0) is 20.3. The van der Waals surface area contributed by atoms with Gasteiger partial charge in [0.15, 0.2) is 0 Å². The number of hydrogen-bond donors (Lipinski definition) is 1. The lowest BCUT2D eigenvalue weighted by atomic mass is 10.1. The van der Waals surface area contributed by atoms with Gasteiger partial charge in [0.25, 0.3) is 0 Å². The molecule has 0 aromatic heterocycles. The molecule has 2 aliphatic rings. The molecular formula is C21H29N3O4. The predicted octanol–water partition coefficient (Wildman–Crippen LogP) is 3.04. The van der Waals surface area contributed by atoms with Gasteiger partial charge in [-0.15, -0.1) is 0 Å². The van der Waals surface area contributed by atoms with E-state index in [4.69, 9.17) is 4.74 Å². The number of urea groups is 1. The molecule has 3 amide bonds. The molecule has 1 saturated heterocycles. The summed E-state index contributed by atoms with van der Waals surface area (Å²) < 4.78 is 4.71. The maximum Gasteiger partial charge on any atom is 0.337 e. The molecule has 7 nitrogen and oxygen atoms in total. The molecule has 1 aromatic rings. The number of carbonyl (C=O) groups is 3. The number of ether oxygens (including phenoxy) is 1. The van der Waals surface area contributed by atoms with E-state index in [0.29, 0.717) is 30.3 Å². The summed E-state index contributed by atoms with van der Waals surface area (Å²) in [7, 11) is 3.08. The van der Waals surface area contributed by atoms with Crippen LogP contribution in [0.5, 0.6) is 0 Å². The topological polar surface area (TPSA) is 79.0 Å². The molecule has 152 valence electrons. The van der Waals surface area contributed by atoms with Crippen molar-refractivity contribution in [1.82, 2.24) is 9.80 Å². The van der Waals surface area contributed by atoms with Gasteiger partial charge in [-0.2, -0.15) is 0 Å². The molecule has 0 bridgehead atoms. The molecule has 1 atom stereocenters. The number of rotatable bonds is 5. The number of anilines is 1. The molecule has 0 radical (unpaired) electrons. The Morgan fingerprint density at radius 1 is 1.29 bits per heavy atom. The van der Waals surface area contributed by atoms with Crippen molar-refractivity contribution in [3.63, 3.8) is 0 Å². The molecule has 3 rings (SSSR count). The summed E-state index contributed by atoms with van der Waals surface area (Å²) in [5.74, 6) is -0.0117. The van der Waals surface area contributed by atoms with Crippen molar-refractivity contribution in [3.05, 3.63) is 29.3 Å². The first kappa shape index (κ1) is 20.2. The maximum absolute atomic E-state index is 12.6. The number of carbonyl (C=O) groups excluding carboxylic acids is 3. The molecular weight excluding hydrogens is 358 g/mol. The molecule has 2 fully saturated rings. The highest BCUT2D eigenvalue weighted by atomic mass is 16.5. The maximum atomic E-state index is 12.6. The summed E-state index contributed by atoms with van der Waals surface area (Å²) in [5.41, 5.74) is 1.88. The van der Waals surface area contributed by atoms with Crippen LogP contribution in [-0.2, 0) is 9.53 Å². The quantitative estimate of drug-likeness (QED) is 0.788. The van der Waals surface area contributed by atoms with Crippen LogP contribution in [0, 0.1) is 12.8 Å². The number of esters is 1. The fraction of sp³-hybridized carbons (Fsp3) is 0.571. The lowest BCUT2D eigenvalue weighted by Crippen LogP contribution is -2.38. The van der Waals surface area contributed by atoms with Gasteiger partial charge < -0.3 is 19.9 Å². The number of hydrogen-bond acceptors (Lipinski definition) is 4. The molecule has 1 N–H and O–H groups in total. The van der Waals surface area contributed by atoms with E-state index in [1.165, 1.54) is 20.0 Å². The standard InChI is InChI=1S/C21H29N3O4/c1-14-10-16(20(26)28-3)8-9-18(14)22-21(27)23(2)12-15-11-19(25)24(13-15)17-6-4-5-7-17/h8-10,15,17H,4-7,11-13H2,1-3H3,(H,22,27)/t15-/m1/s1. The highest BCUT2D eigenvalue weighted by Gasteiger charge is 2.36. The fourth-order valence-electron chi connectivity index (χ4n) is 4.23. The number of benzene rings is 1. The number of methoxy groups -OCH3 is 1. The first-order valence-corrected chi connectivity index (χ1v) is 9.89. The molecule has 1 saturated carbocycles. The second-order valence-corrected chi connectivity index (χ2v) is 7.89. The van der Waals surface area contributed by atoms with Crippen LogP contribution >= 0.6 is 0 Å². The van der Waals surface area contributed by atoms with Crippen LogP contribution in [0.2, 0.25) is 0 Å². The second-order valence-electron chi connectivity index (χ2n) is 7.89. The summed E-state index contributed by atoms with van der Waals surface area (Å²) in [5, 5.41) is 2.88. The number of nitrogens with one attached hydrogen (secondary N) is 1. The van der Waals surface area contributed by atoms with E-state index in [0.717, 1.165) is 24.9 Å². The van der Waals surface area contributed by atoms with E-state index in [9.17, 15) is 14.4 Å². The van der Waals surface area contributed by atoms with Crippen LogP contribution in [0.15, 0.2) is 18.2 Å². The predicted molar refractivity (Wildman–Crippen MR) is 106 cm³/mol. The van der Waals surface area contributed by atoms with Crippen LogP contribution in [0.3, 0.4) is 0 Å². The molecule has 28 heavy (non-hydrogen) atoms. The van der Waals surface area contributed by atoms with E-state index in [1.807, 2.05) is 11.8 Å². The van der Waals surface area contributed by atoms with Crippen LogP contribution in [0.1, 0.15) is 48.0 Å². The highest BCUT2D eigenvalue weighted by molar-refractivity contribution is 5.93. The van der Waals surface area contributed by atoms with Crippen LogP contribution < -0.4 is 5.32 Å². The Morgan fingerprint density at radius 2 is 2.00 bits per heavy atom. The number of aryl methyl sites for hydroxylation is 1. The number of nitrogens with zero attached hydrogens (tertiary/aromatic N) is 2. The third kappa shape index (κ3) is 4.46. The number of amides is 3. The Hall–Kier alpha value is -2.57. The van der Waals surface area contributed by atoms with Gasteiger partial charge in [-0.25, -0.2) is 9.59 Å². The summed E-state index contributed by atoms with van der Waals surface area (Å²) in [4.78, 5) is 40.2. The SMILES string of the molecule is COC(=O)c1ccc(NC(=O)N(C)C[C@H]2CC(=O)N(C3CCCC3)C2)c(C)c1. The Balaban J connectivity index is 1.55. The Kier molecular flexibility index (Phi) is 6.21. The zero-order valence-corrected chi connectivity index (χ0v) is 16.9. The third-order valence-electron chi connectivity index (χ3n) is 5.77. The largest absolute Gasteiger partial charge is 0.465 e. The van der Waals surface area contributed by atoms with Gasteiger partial charge in [-0.3, -0.25) is 4.79 Å². The molecule has 7 heteroatoms. The van der Waals surface area contributed by atoms with Crippen molar-refractivity contribution < 1.29 is 19.1 Å². The fourth-order valence-corrected chi connectivity index (χ4v) is 4.23. The van der Waals surface area contributed by atoms with E-state index >= 15 is 0 Å². The zero-order valence-electron chi connectivity index (χ0n) is 16.9. The van der Waals surface area contributed by atoms with Crippen molar-refractivity contribution in [3.8, 4) is 0 Å². The second kappa shape index (κ2) is 8.63. The number of likely N-dealkylation sites (tertiary alicyclic amines) is 1. The van der Waals surface area contributed by atoms with Gasteiger partial charge in [0.1, 0.15) is 0 Å². The Labute approximate surface area is 166 Å². The average molecular weight is 387 g/mol. The van der Waals surface area contributed by atoms with Crippen LogP contribution in [0.25, 0.3) is 0 Å². The van der Waals surface area contributed by atoms with Gasteiger partial charge >= 0.3 is 12.0 Å². The minimum atomic E-state index is -0.407. The van der Waals surface area contributed by atoms with Crippen LogP contribution in [-0.4, -0.2) is 61.0 Å². The minimum absolute atomic E-state index is 0.173. The van der Waals surface area contributed by atoms with Gasteiger partial charge in [0.2, 0.25) is 5.91 Å². The molecule has 1 heterocycles. The van der Waals surface area contributed by atoms with Gasteiger partial charge in [-0.05, 0) is 43.5 Å². The first-order chi connectivity index (χ1) is 13.4. The van der Waals surface area contributed by atoms with Crippen molar-refractivity contribution in [2.45, 2.75) is 45.1 Å². The van der Waals surface area contributed by atoms with Gasteiger partial charge in [-0.1, -0.05) is 12.8 Å².